The quantitative estimate of drug-likeness (QED) is 0.525. The first-order valence-corrected chi connectivity index (χ1v) is 11.9. The number of hydrogen-bond acceptors (Lipinski definition) is 3. The van der Waals surface area contributed by atoms with Crippen LogP contribution in [0.25, 0.3) is 0 Å². The summed E-state index contributed by atoms with van der Waals surface area (Å²) in [6, 6.07) is 20.5. The molecule has 0 atom stereocenters. The SMILES string of the molecule is [BH3-][P+](OCc1ccccc1)(OCc1ccccc1)O[Si](C)(C)C. The van der Waals surface area contributed by atoms with Gasteiger partial charge >= 0.3 is 0 Å². The molecule has 0 heterocycles. The molecule has 3 nitrogen and oxygen atoms in total. The highest BCUT2D eigenvalue weighted by Gasteiger charge is 2.37. The summed E-state index contributed by atoms with van der Waals surface area (Å²) in [6.07, 6.45) is 0. The van der Waals surface area contributed by atoms with Gasteiger partial charge in [0.05, 0.1) is 0 Å². The lowest BCUT2D eigenvalue weighted by Crippen LogP contribution is -2.27. The van der Waals surface area contributed by atoms with Gasteiger partial charge in [-0.25, -0.2) is 9.05 Å². The van der Waals surface area contributed by atoms with Crippen molar-refractivity contribution in [3.63, 3.8) is 0 Å². The highest BCUT2D eigenvalue weighted by atomic mass is 31.2. The molecule has 0 aliphatic rings. The van der Waals surface area contributed by atoms with Crippen LogP contribution in [0.15, 0.2) is 60.7 Å². The van der Waals surface area contributed by atoms with E-state index in [1.54, 1.807) is 0 Å². The van der Waals surface area contributed by atoms with Gasteiger partial charge < -0.3 is 0 Å². The van der Waals surface area contributed by atoms with E-state index in [-0.39, 0.29) is 7.57 Å². The predicted molar refractivity (Wildman–Crippen MR) is 104 cm³/mol. The Labute approximate surface area is 142 Å². The van der Waals surface area contributed by atoms with E-state index < -0.39 is 16.1 Å². The summed E-state index contributed by atoms with van der Waals surface area (Å²) in [5.41, 5.74) is 2.33. The van der Waals surface area contributed by atoms with Crippen LogP contribution in [0.4, 0.5) is 0 Å². The second kappa shape index (κ2) is 8.23. The normalized spacial score (nSPS) is 12.3. The van der Waals surface area contributed by atoms with E-state index >= 15 is 0 Å². The minimum absolute atomic E-state index is 0.225. The lowest BCUT2D eigenvalue weighted by atomic mass is 10.2. The van der Waals surface area contributed by atoms with Crippen LogP contribution in [0.3, 0.4) is 0 Å². The fourth-order valence-corrected chi connectivity index (χ4v) is 4.51. The van der Waals surface area contributed by atoms with Gasteiger partial charge in [-0.2, -0.15) is 0 Å². The second-order valence-electron chi connectivity index (χ2n) is 5.95. The number of rotatable bonds is 8. The van der Waals surface area contributed by atoms with Crippen LogP contribution >= 0.6 is 7.82 Å². The van der Waals surface area contributed by atoms with Gasteiger partial charge in [0.15, 0.2) is 0 Å². The van der Waals surface area contributed by atoms with Gasteiger partial charge in [-0.05, 0) is 30.8 Å². The molecule has 0 fully saturated rings. The third kappa shape index (κ3) is 6.98. The minimum atomic E-state index is -2.11. The van der Waals surface area contributed by atoms with Crippen LogP contribution in [-0.4, -0.2) is 15.9 Å². The molecule has 0 N–H and O–H groups in total. The van der Waals surface area contributed by atoms with Crippen LogP contribution in [0.1, 0.15) is 11.1 Å². The van der Waals surface area contributed by atoms with Crippen LogP contribution in [0.2, 0.25) is 19.6 Å². The summed E-state index contributed by atoms with van der Waals surface area (Å²) in [5.74, 6) is 0. The molecule has 2 rings (SSSR count). The van der Waals surface area contributed by atoms with Gasteiger partial charge in [0.2, 0.25) is 23.7 Å². The van der Waals surface area contributed by atoms with Gasteiger partial charge in [-0.3, -0.25) is 4.21 Å². The molecule has 0 amide bonds. The van der Waals surface area contributed by atoms with Crippen molar-refractivity contribution in [2.45, 2.75) is 32.9 Å². The molecule has 0 radical (unpaired) electrons. The maximum atomic E-state index is 6.39. The average molecular weight is 348 g/mol. The first kappa shape index (κ1) is 18.4. The van der Waals surface area contributed by atoms with E-state index in [0.717, 1.165) is 0 Å². The molecule has 0 bridgehead atoms. The first-order valence-electron chi connectivity index (χ1n) is 7.36. The third-order valence-corrected chi connectivity index (χ3v) is 6.17. The molecule has 6 heteroatoms. The van der Waals surface area contributed by atoms with Gasteiger partial charge in [-0.1, -0.05) is 60.7 Å². The molecule has 0 aliphatic heterocycles. The van der Waals surface area contributed by atoms with E-state index in [9.17, 15) is 0 Å². The van der Waals surface area contributed by atoms with E-state index in [1.165, 1.54) is 11.1 Å². The molecule has 0 spiro atoms. The van der Waals surface area contributed by atoms with Crippen molar-refractivity contribution in [2.24, 2.45) is 0 Å². The summed E-state index contributed by atoms with van der Waals surface area (Å²) in [6.45, 7) is 7.72. The van der Waals surface area contributed by atoms with Crippen molar-refractivity contribution in [1.29, 1.82) is 0 Å². The number of benzene rings is 2. The lowest BCUT2D eigenvalue weighted by molar-refractivity contribution is 0.182. The van der Waals surface area contributed by atoms with E-state index in [2.05, 4.69) is 43.9 Å². The van der Waals surface area contributed by atoms with Crippen LogP contribution in [-0.2, 0) is 26.5 Å². The molecule has 0 saturated carbocycles. The van der Waals surface area contributed by atoms with E-state index in [4.69, 9.17) is 13.3 Å². The predicted octanol–water partition coefficient (Wildman–Crippen LogP) is 4.31. The molecule has 0 unspecified atom stereocenters. The molecular formula is C17H26BO3PSi. The molecule has 2 aromatic rings. The summed E-state index contributed by atoms with van der Waals surface area (Å²) >= 11 is 0. The maximum absolute atomic E-state index is 6.39. The smallest absolute Gasteiger partial charge is 0.243 e. The Morgan fingerprint density at radius 3 is 1.52 bits per heavy atom. The lowest BCUT2D eigenvalue weighted by Gasteiger charge is -2.31. The zero-order valence-electron chi connectivity index (χ0n) is 13.4. The third-order valence-electron chi connectivity index (χ3n) is 2.71. The van der Waals surface area contributed by atoms with Crippen LogP contribution in [0, 0.1) is 0 Å². The Hall–Kier alpha value is -0.968. The Balaban J connectivity index is 2.02. The molecule has 124 valence electrons. The summed E-state index contributed by atoms with van der Waals surface area (Å²) in [7, 11) is -4.04. The van der Waals surface area contributed by atoms with Crippen molar-refractivity contribution in [1.82, 2.24) is 0 Å². The fraction of sp³-hybridized carbons (Fsp3) is 0.294. The molecular weight excluding hydrogens is 322 g/mol. The Morgan fingerprint density at radius 2 is 1.17 bits per heavy atom. The number of hydrogen-bond donors (Lipinski definition) is 0. The van der Waals surface area contributed by atoms with Gasteiger partial charge in [0, 0.05) is 0 Å². The van der Waals surface area contributed by atoms with Crippen LogP contribution in [0.5, 0.6) is 0 Å². The van der Waals surface area contributed by atoms with E-state index in [0.29, 0.717) is 13.2 Å². The van der Waals surface area contributed by atoms with Crippen molar-refractivity contribution >= 4 is 23.7 Å². The van der Waals surface area contributed by atoms with Crippen LogP contribution < -0.4 is 0 Å². The Bertz CT molecular complexity index is 546. The average Bonchev–Trinajstić information content (AvgIpc) is 2.52. The molecule has 0 saturated heterocycles. The zero-order valence-corrected chi connectivity index (χ0v) is 15.3. The van der Waals surface area contributed by atoms with Crippen molar-refractivity contribution < 1.29 is 13.3 Å². The first-order chi connectivity index (χ1) is 10.9. The zero-order chi connectivity index (χ0) is 16.8. The topological polar surface area (TPSA) is 27.7 Å². The molecule has 0 aliphatic carbocycles. The van der Waals surface area contributed by atoms with Crippen molar-refractivity contribution in [3.8, 4) is 0 Å². The van der Waals surface area contributed by atoms with Gasteiger partial charge in [0.25, 0.3) is 0 Å². The van der Waals surface area contributed by atoms with Crippen molar-refractivity contribution in [3.05, 3.63) is 71.8 Å². The summed E-state index contributed by atoms with van der Waals surface area (Å²) in [4.78, 5) is 0. The van der Waals surface area contributed by atoms with Gasteiger partial charge in [0.1, 0.15) is 13.2 Å². The summed E-state index contributed by atoms with van der Waals surface area (Å²) in [5, 5.41) is 0. The molecule has 23 heavy (non-hydrogen) atoms. The Kier molecular flexibility index (Phi) is 6.57. The highest BCUT2D eigenvalue weighted by molar-refractivity contribution is 7.86. The molecule has 0 aromatic heterocycles. The standard InChI is InChI=1S/C17H26BO3PSi/c1-23(2,3)21-22(18,19-14-16-10-6-4-7-11-16)20-15-17-12-8-5-9-13-17/h4-13H,14-15H2,1-3,18H3. The van der Waals surface area contributed by atoms with Gasteiger partial charge in [-0.15, -0.1) is 0 Å². The monoisotopic (exact) mass is 348 g/mol. The molecule has 2 aromatic carbocycles. The Morgan fingerprint density at radius 1 is 0.783 bits per heavy atom. The van der Waals surface area contributed by atoms with E-state index in [1.807, 2.05) is 36.4 Å². The summed E-state index contributed by atoms with van der Waals surface area (Å²) < 4.78 is 18.8. The minimum Gasteiger partial charge on any atom is -0.273 e. The second-order valence-corrected chi connectivity index (χ2v) is 11.9. The van der Waals surface area contributed by atoms with Crippen molar-refractivity contribution in [2.75, 3.05) is 0 Å². The highest BCUT2D eigenvalue weighted by Crippen LogP contribution is 2.60. The largest absolute Gasteiger partial charge is 0.273 e. The maximum Gasteiger partial charge on any atom is 0.243 e. The fourth-order valence-electron chi connectivity index (χ4n) is 1.72.